The van der Waals surface area contributed by atoms with Crippen molar-refractivity contribution in [2.75, 3.05) is 0 Å². The van der Waals surface area contributed by atoms with Gasteiger partial charge in [-0.2, -0.15) is 0 Å². The number of aromatic hydroxyl groups is 1. The molecule has 0 spiro atoms. The van der Waals surface area contributed by atoms with Gasteiger partial charge in [-0.25, -0.2) is 0 Å². The normalized spacial score (nSPS) is 39.6. The zero-order valence-corrected chi connectivity index (χ0v) is 16.9. The van der Waals surface area contributed by atoms with E-state index in [9.17, 15) is 15.0 Å². The van der Waals surface area contributed by atoms with E-state index in [4.69, 9.17) is 0 Å². The van der Waals surface area contributed by atoms with Gasteiger partial charge in [-0.3, -0.25) is 0 Å². The Morgan fingerprint density at radius 3 is 2.86 bits per heavy atom. The van der Waals surface area contributed by atoms with Gasteiger partial charge >= 0.3 is 0 Å². The minimum absolute atomic E-state index is 0.182. The summed E-state index contributed by atoms with van der Waals surface area (Å²) in [5.74, 6) is 8.17. The second-order valence-electron chi connectivity index (χ2n) is 9.60. The number of benzene rings is 1. The minimum Gasteiger partial charge on any atom is -0.508 e. The summed E-state index contributed by atoms with van der Waals surface area (Å²) in [6.45, 7) is 2.25. The Hall–Kier alpha value is -2.31. The maximum absolute atomic E-state index is 11.6. The maximum atomic E-state index is 11.6. The molecule has 0 saturated heterocycles. The first-order valence-electron chi connectivity index (χ1n) is 10.9. The van der Waals surface area contributed by atoms with E-state index in [-0.39, 0.29) is 11.3 Å². The van der Waals surface area contributed by atoms with Gasteiger partial charge in [0.1, 0.15) is 17.6 Å². The maximum Gasteiger partial charge on any atom is 0.131 e. The first kappa shape index (κ1) is 18.7. The lowest BCUT2D eigenvalue weighted by molar-refractivity contribution is -0.108. The van der Waals surface area contributed by atoms with Crippen molar-refractivity contribution in [3.05, 3.63) is 53.1 Å². The Bertz CT molecular complexity index is 977. The van der Waals surface area contributed by atoms with Gasteiger partial charge in [0.05, 0.1) is 5.92 Å². The summed E-state index contributed by atoms with van der Waals surface area (Å²) in [5.41, 5.74) is 2.38. The molecule has 4 aliphatic rings. The highest BCUT2D eigenvalue weighted by atomic mass is 16.3. The number of carbonyl (C=O) groups excluding carboxylic acids is 1. The Labute approximate surface area is 172 Å². The molecule has 0 amide bonds. The summed E-state index contributed by atoms with van der Waals surface area (Å²) in [6, 6.07) is 5.87. The zero-order valence-electron chi connectivity index (χ0n) is 16.9. The lowest BCUT2D eigenvalue weighted by Crippen LogP contribution is -2.50. The smallest absolute Gasteiger partial charge is 0.131 e. The van der Waals surface area contributed by atoms with Crippen molar-refractivity contribution in [1.29, 1.82) is 0 Å². The second kappa shape index (κ2) is 6.61. The summed E-state index contributed by atoms with van der Waals surface area (Å²) in [5, 5.41) is 21.5. The summed E-state index contributed by atoms with van der Waals surface area (Å²) in [6.07, 6.45) is 12.4. The first-order valence-corrected chi connectivity index (χ1v) is 10.9. The lowest BCUT2D eigenvalue weighted by Gasteiger charge is -2.52. The molecule has 150 valence electrons. The molecule has 0 radical (unpaired) electrons. The number of aliphatic hydroxyl groups is 1. The first-order chi connectivity index (χ1) is 13.9. The molecular formula is C26H28O3. The number of fused-ring (bicyclic) bond motifs is 5. The van der Waals surface area contributed by atoms with Crippen LogP contribution in [0.3, 0.4) is 0 Å². The second-order valence-corrected chi connectivity index (χ2v) is 9.60. The summed E-state index contributed by atoms with van der Waals surface area (Å²) >= 11 is 0. The molecule has 0 aliphatic heterocycles. The number of aldehydes is 1. The van der Waals surface area contributed by atoms with Crippen LogP contribution in [0.4, 0.5) is 0 Å². The van der Waals surface area contributed by atoms with Crippen LogP contribution in [0.1, 0.15) is 56.1 Å². The van der Waals surface area contributed by atoms with E-state index in [1.807, 2.05) is 30.4 Å². The van der Waals surface area contributed by atoms with Crippen molar-refractivity contribution >= 4 is 6.29 Å². The Morgan fingerprint density at radius 2 is 2.07 bits per heavy atom. The standard InChI is InChI=1S/C26H28O3/c1-25-11-9-22-21-7-5-20(28)15-19(21)4-6-23(22)24(25)10-13-26(25,29)12-8-17-2-3-18(14-17)16-27/h2-3,5,7,14-16,18,22-24,28-29H,4,6,9-11,13H2,1H3/t18?,22-,23-,24+,25+,26+/m1/s1. The number of carbonyl (C=O) groups is 1. The molecule has 3 nitrogen and oxygen atoms in total. The van der Waals surface area contributed by atoms with Crippen molar-refractivity contribution < 1.29 is 15.0 Å². The molecule has 0 bridgehead atoms. The van der Waals surface area contributed by atoms with Crippen LogP contribution in [0.2, 0.25) is 0 Å². The molecule has 1 aromatic carbocycles. The van der Waals surface area contributed by atoms with Crippen molar-refractivity contribution in [2.45, 2.75) is 57.0 Å². The SMILES string of the molecule is C[C@]12CC[C@@H]3c4ccc(O)cc4CC[C@H]3[C@@H]1CC[C@@]2(O)C#CC1=CC(C=O)C=C1. The summed E-state index contributed by atoms with van der Waals surface area (Å²) in [4.78, 5) is 10.9. The molecule has 1 unspecified atom stereocenters. The number of aryl methyl sites for hydroxylation is 1. The van der Waals surface area contributed by atoms with Crippen molar-refractivity contribution in [2.24, 2.45) is 23.2 Å². The Balaban J connectivity index is 1.43. The number of phenols is 1. The third-order valence-electron chi connectivity index (χ3n) is 8.30. The Kier molecular flexibility index (Phi) is 4.26. The average molecular weight is 389 g/mol. The van der Waals surface area contributed by atoms with Gasteiger partial charge in [0.15, 0.2) is 0 Å². The monoisotopic (exact) mass is 388 g/mol. The van der Waals surface area contributed by atoms with Crippen LogP contribution in [0.5, 0.6) is 5.75 Å². The van der Waals surface area contributed by atoms with Crippen LogP contribution >= 0.6 is 0 Å². The fraction of sp³-hybridized carbons (Fsp3) is 0.500. The van der Waals surface area contributed by atoms with Crippen LogP contribution in [0.15, 0.2) is 42.0 Å². The van der Waals surface area contributed by atoms with Gasteiger partial charge < -0.3 is 15.0 Å². The zero-order chi connectivity index (χ0) is 20.2. The van der Waals surface area contributed by atoms with Crippen LogP contribution in [-0.4, -0.2) is 22.1 Å². The van der Waals surface area contributed by atoms with Gasteiger partial charge in [-0.1, -0.05) is 37.0 Å². The number of phenolic OH excluding ortho intramolecular Hbond substituents is 1. The van der Waals surface area contributed by atoms with E-state index in [0.29, 0.717) is 23.5 Å². The van der Waals surface area contributed by atoms with E-state index in [1.165, 1.54) is 11.1 Å². The van der Waals surface area contributed by atoms with E-state index < -0.39 is 5.60 Å². The Morgan fingerprint density at radius 1 is 1.21 bits per heavy atom. The van der Waals surface area contributed by atoms with Crippen LogP contribution in [0.25, 0.3) is 0 Å². The molecule has 0 heterocycles. The minimum atomic E-state index is -0.966. The third-order valence-corrected chi connectivity index (χ3v) is 8.30. The highest BCUT2D eigenvalue weighted by Gasteiger charge is 2.61. The van der Waals surface area contributed by atoms with E-state index in [1.54, 1.807) is 0 Å². The third kappa shape index (κ3) is 2.81. The number of rotatable bonds is 1. The molecule has 2 saturated carbocycles. The molecule has 29 heavy (non-hydrogen) atoms. The van der Waals surface area contributed by atoms with E-state index in [0.717, 1.165) is 50.4 Å². The quantitative estimate of drug-likeness (QED) is 0.557. The van der Waals surface area contributed by atoms with E-state index in [2.05, 4.69) is 24.8 Å². The summed E-state index contributed by atoms with van der Waals surface area (Å²) < 4.78 is 0. The predicted molar refractivity (Wildman–Crippen MR) is 112 cm³/mol. The average Bonchev–Trinajstić information content (AvgIpc) is 3.29. The van der Waals surface area contributed by atoms with Gasteiger partial charge in [-0.05, 0) is 85.6 Å². The fourth-order valence-electron chi connectivity index (χ4n) is 6.67. The molecule has 2 N–H and O–H groups in total. The largest absolute Gasteiger partial charge is 0.508 e. The topological polar surface area (TPSA) is 57.5 Å². The van der Waals surface area contributed by atoms with Gasteiger partial charge in [0.25, 0.3) is 0 Å². The molecule has 2 fully saturated rings. The van der Waals surface area contributed by atoms with Gasteiger partial charge in [0.2, 0.25) is 0 Å². The summed E-state index contributed by atoms with van der Waals surface area (Å²) in [7, 11) is 0. The molecule has 1 aromatic rings. The highest BCUT2D eigenvalue weighted by molar-refractivity contribution is 5.65. The fourth-order valence-corrected chi connectivity index (χ4v) is 6.67. The molecule has 5 rings (SSSR count). The number of hydrogen-bond acceptors (Lipinski definition) is 3. The van der Waals surface area contributed by atoms with Crippen LogP contribution in [-0.2, 0) is 11.2 Å². The molecule has 6 atom stereocenters. The van der Waals surface area contributed by atoms with Gasteiger partial charge in [0, 0.05) is 11.0 Å². The lowest BCUT2D eigenvalue weighted by atomic mass is 9.53. The molecule has 3 heteroatoms. The van der Waals surface area contributed by atoms with Crippen LogP contribution < -0.4 is 0 Å². The predicted octanol–water partition coefficient (Wildman–Crippen LogP) is 4.29. The van der Waals surface area contributed by atoms with E-state index >= 15 is 0 Å². The van der Waals surface area contributed by atoms with Crippen molar-refractivity contribution in [3.8, 4) is 17.6 Å². The number of allylic oxidation sites excluding steroid dienone is 4. The van der Waals surface area contributed by atoms with Crippen molar-refractivity contribution in [1.82, 2.24) is 0 Å². The van der Waals surface area contributed by atoms with Crippen LogP contribution in [0, 0.1) is 35.0 Å². The highest BCUT2D eigenvalue weighted by Crippen LogP contribution is 2.64. The molecular weight excluding hydrogens is 360 g/mol. The van der Waals surface area contributed by atoms with Gasteiger partial charge in [-0.15, -0.1) is 0 Å². The molecule has 4 aliphatic carbocycles. The number of hydrogen-bond donors (Lipinski definition) is 2. The van der Waals surface area contributed by atoms with Crippen molar-refractivity contribution in [3.63, 3.8) is 0 Å². The molecule has 0 aromatic heterocycles.